The van der Waals surface area contributed by atoms with Crippen LogP contribution in [0.4, 0.5) is 11.4 Å². The minimum Gasteiger partial charge on any atom is -0.372 e. The lowest BCUT2D eigenvalue weighted by Crippen LogP contribution is -2.27. The Morgan fingerprint density at radius 3 is 2.27 bits per heavy atom. The SMILES string of the molecule is O=C1C[C@@H](c2ccc(Cl)cc2)CC2=C1[C@H](c1ccccc1Cl)Nc1ccccc1N2. The lowest BCUT2D eigenvalue weighted by Gasteiger charge is -2.30. The van der Waals surface area contributed by atoms with Gasteiger partial charge >= 0.3 is 0 Å². The molecule has 3 aromatic carbocycles. The molecule has 2 aliphatic rings. The highest BCUT2D eigenvalue weighted by Gasteiger charge is 2.36. The van der Waals surface area contributed by atoms with Crippen LogP contribution in [0, 0.1) is 0 Å². The summed E-state index contributed by atoms with van der Waals surface area (Å²) in [6.07, 6.45) is 1.21. The van der Waals surface area contributed by atoms with Gasteiger partial charge in [-0.2, -0.15) is 0 Å². The molecule has 0 unspecified atom stereocenters. The van der Waals surface area contributed by atoms with Crippen LogP contribution in [0.2, 0.25) is 10.0 Å². The van der Waals surface area contributed by atoms with Crippen molar-refractivity contribution in [2.45, 2.75) is 24.8 Å². The van der Waals surface area contributed by atoms with Gasteiger partial charge in [0, 0.05) is 27.7 Å². The van der Waals surface area contributed by atoms with E-state index >= 15 is 0 Å². The molecule has 3 nitrogen and oxygen atoms in total. The van der Waals surface area contributed by atoms with Crippen molar-refractivity contribution < 1.29 is 4.79 Å². The summed E-state index contributed by atoms with van der Waals surface area (Å²) < 4.78 is 0. The number of anilines is 2. The number of carbonyl (C=O) groups is 1. The van der Waals surface area contributed by atoms with E-state index in [1.165, 1.54) is 0 Å². The van der Waals surface area contributed by atoms with Crippen molar-refractivity contribution in [2.24, 2.45) is 0 Å². The van der Waals surface area contributed by atoms with Gasteiger partial charge in [0.2, 0.25) is 0 Å². The molecule has 2 N–H and O–H groups in total. The fourth-order valence-electron chi connectivity index (χ4n) is 4.41. The number of Topliss-reactive ketones (excluding diaryl/α,β-unsaturated/α-hetero) is 1. The van der Waals surface area contributed by atoms with Crippen LogP contribution in [0.15, 0.2) is 84.1 Å². The topological polar surface area (TPSA) is 41.1 Å². The molecule has 2 atom stereocenters. The molecule has 0 saturated carbocycles. The van der Waals surface area contributed by atoms with E-state index in [0.717, 1.165) is 40.2 Å². The summed E-state index contributed by atoms with van der Waals surface area (Å²) >= 11 is 12.6. The van der Waals surface area contributed by atoms with Gasteiger partial charge in [-0.25, -0.2) is 0 Å². The van der Waals surface area contributed by atoms with E-state index in [-0.39, 0.29) is 17.7 Å². The van der Waals surface area contributed by atoms with Crippen LogP contribution in [0.5, 0.6) is 0 Å². The number of hydrogen-bond donors (Lipinski definition) is 2. The summed E-state index contributed by atoms with van der Waals surface area (Å²) in [4.78, 5) is 13.5. The zero-order valence-corrected chi connectivity index (χ0v) is 17.7. The van der Waals surface area contributed by atoms with Gasteiger partial charge < -0.3 is 10.6 Å². The van der Waals surface area contributed by atoms with Crippen molar-refractivity contribution in [3.05, 3.63) is 105 Å². The molecule has 0 bridgehead atoms. The predicted octanol–water partition coefficient (Wildman–Crippen LogP) is 6.97. The Kier molecular flexibility index (Phi) is 5.01. The van der Waals surface area contributed by atoms with Crippen molar-refractivity contribution in [3.63, 3.8) is 0 Å². The lowest BCUT2D eigenvalue weighted by atomic mass is 9.78. The Hall–Kier alpha value is -2.75. The minimum absolute atomic E-state index is 0.109. The van der Waals surface area contributed by atoms with Crippen molar-refractivity contribution >= 4 is 40.4 Å². The number of carbonyl (C=O) groups excluding carboxylic acids is 1. The molecule has 150 valence electrons. The smallest absolute Gasteiger partial charge is 0.163 e. The molecule has 0 fully saturated rings. The van der Waals surface area contributed by atoms with E-state index in [4.69, 9.17) is 23.2 Å². The number of hydrogen-bond acceptors (Lipinski definition) is 3. The molecule has 0 amide bonds. The molecule has 30 heavy (non-hydrogen) atoms. The number of benzene rings is 3. The molecule has 5 heteroatoms. The van der Waals surface area contributed by atoms with Crippen LogP contribution in [-0.4, -0.2) is 5.78 Å². The molecular formula is C25H20Cl2N2O. The third-order valence-corrected chi connectivity index (χ3v) is 6.46. The maximum Gasteiger partial charge on any atom is 0.163 e. The summed E-state index contributed by atoms with van der Waals surface area (Å²) in [5, 5.41) is 8.46. The van der Waals surface area contributed by atoms with Gasteiger partial charge in [0.05, 0.1) is 17.4 Å². The third-order valence-electron chi connectivity index (χ3n) is 5.87. The molecule has 3 aromatic rings. The van der Waals surface area contributed by atoms with Gasteiger partial charge in [0.15, 0.2) is 5.78 Å². The number of allylic oxidation sites excluding steroid dienone is 1. The Bertz CT molecular complexity index is 1150. The highest BCUT2D eigenvalue weighted by Crippen LogP contribution is 2.45. The molecule has 1 aliphatic heterocycles. The fourth-order valence-corrected chi connectivity index (χ4v) is 4.78. The second kappa shape index (κ2) is 7.82. The zero-order chi connectivity index (χ0) is 20.7. The summed E-state index contributed by atoms with van der Waals surface area (Å²) in [5.41, 5.74) is 5.67. The monoisotopic (exact) mass is 434 g/mol. The van der Waals surface area contributed by atoms with Crippen molar-refractivity contribution in [2.75, 3.05) is 10.6 Å². The summed E-state index contributed by atoms with van der Waals surface area (Å²) in [7, 11) is 0. The van der Waals surface area contributed by atoms with Crippen LogP contribution >= 0.6 is 23.2 Å². The first-order valence-corrected chi connectivity index (χ1v) is 10.7. The largest absolute Gasteiger partial charge is 0.372 e. The molecule has 0 radical (unpaired) electrons. The van der Waals surface area contributed by atoms with Crippen LogP contribution < -0.4 is 10.6 Å². The molecule has 1 aliphatic carbocycles. The van der Waals surface area contributed by atoms with Crippen LogP contribution in [0.1, 0.15) is 35.9 Å². The molecule has 5 rings (SSSR count). The first-order valence-electron chi connectivity index (χ1n) is 9.99. The van der Waals surface area contributed by atoms with Crippen molar-refractivity contribution in [1.29, 1.82) is 0 Å². The molecule has 0 saturated heterocycles. The number of rotatable bonds is 2. The summed E-state index contributed by atoms with van der Waals surface area (Å²) in [6.45, 7) is 0. The van der Waals surface area contributed by atoms with Gasteiger partial charge in [-0.3, -0.25) is 4.79 Å². The van der Waals surface area contributed by atoms with Crippen LogP contribution in [0.25, 0.3) is 0 Å². The first-order chi connectivity index (χ1) is 14.6. The average molecular weight is 435 g/mol. The van der Waals surface area contributed by atoms with Gasteiger partial charge in [-0.1, -0.05) is 65.7 Å². The van der Waals surface area contributed by atoms with Gasteiger partial charge in [0.1, 0.15) is 0 Å². The maximum atomic E-state index is 13.5. The number of halogens is 2. The van der Waals surface area contributed by atoms with E-state index in [1.54, 1.807) is 0 Å². The molecular weight excluding hydrogens is 415 g/mol. The van der Waals surface area contributed by atoms with E-state index in [0.29, 0.717) is 16.5 Å². The van der Waals surface area contributed by atoms with E-state index in [1.807, 2.05) is 72.8 Å². The average Bonchev–Trinajstić information content (AvgIpc) is 2.91. The summed E-state index contributed by atoms with van der Waals surface area (Å²) in [6, 6.07) is 23.2. The van der Waals surface area contributed by atoms with Gasteiger partial charge in [-0.05, 0) is 53.8 Å². The fraction of sp³-hybridized carbons (Fsp3) is 0.160. The highest BCUT2D eigenvalue weighted by molar-refractivity contribution is 6.31. The molecule has 0 aromatic heterocycles. The van der Waals surface area contributed by atoms with E-state index < -0.39 is 0 Å². The van der Waals surface area contributed by atoms with Gasteiger partial charge in [0.25, 0.3) is 0 Å². The van der Waals surface area contributed by atoms with Gasteiger partial charge in [-0.15, -0.1) is 0 Å². The second-order valence-electron chi connectivity index (χ2n) is 7.74. The molecule has 1 heterocycles. The third kappa shape index (κ3) is 3.49. The van der Waals surface area contributed by atoms with E-state index in [2.05, 4.69) is 10.6 Å². The van der Waals surface area contributed by atoms with Crippen LogP contribution in [-0.2, 0) is 4.79 Å². The predicted molar refractivity (Wildman–Crippen MR) is 123 cm³/mol. The standard InChI is InChI=1S/C25H20Cl2N2O/c26-17-11-9-15(10-12-17)16-13-22-24(23(30)14-16)25(18-5-1-2-6-19(18)27)29-21-8-4-3-7-20(21)28-22/h1-12,16,25,28-29H,13-14H2/t16-,25-/m0/s1. The Labute approximate surface area is 185 Å². The Balaban J connectivity index is 1.62. The summed E-state index contributed by atoms with van der Waals surface area (Å²) in [5.74, 6) is 0.243. The van der Waals surface area contributed by atoms with Crippen LogP contribution in [0.3, 0.4) is 0 Å². The van der Waals surface area contributed by atoms with Crippen molar-refractivity contribution in [1.82, 2.24) is 0 Å². The molecule has 0 spiro atoms. The number of ketones is 1. The Morgan fingerprint density at radius 2 is 1.50 bits per heavy atom. The lowest BCUT2D eigenvalue weighted by molar-refractivity contribution is -0.116. The highest BCUT2D eigenvalue weighted by atomic mass is 35.5. The number of fused-ring (bicyclic) bond motifs is 1. The second-order valence-corrected chi connectivity index (χ2v) is 8.59. The van der Waals surface area contributed by atoms with Crippen molar-refractivity contribution in [3.8, 4) is 0 Å². The Morgan fingerprint density at radius 1 is 0.800 bits per heavy atom. The normalized spacial score (nSPS) is 20.5. The quantitative estimate of drug-likeness (QED) is 0.457. The maximum absolute atomic E-state index is 13.5. The number of para-hydroxylation sites is 2. The zero-order valence-electron chi connectivity index (χ0n) is 16.2. The first kappa shape index (κ1) is 19.2. The number of nitrogens with one attached hydrogen (secondary N) is 2. The van der Waals surface area contributed by atoms with E-state index in [9.17, 15) is 4.79 Å². The minimum atomic E-state index is -0.302.